The summed E-state index contributed by atoms with van der Waals surface area (Å²) in [4.78, 5) is 11.2. The summed E-state index contributed by atoms with van der Waals surface area (Å²) in [6.07, 6.45) is 4.53. The van der Waals surface area contributed by atoms with Gasteiger partial charge in [0.2, 0.25) is 0 Å². The highest BCUT2D eigenvalue weighted by Crippen LogP contribution is 2.40. The van der Waals surface area contributed by atoms with E-state index in [1.165, 1.54) is 12.1 Å². The zero-order valence-electron chi connectivity index (χ0n) is 13.8. The van der Waals surface area contributed by atoms with E-state index in [2.05, 4.69) is 0 Å². The number of aromatic hydroxyl groups is 1. The van der Waals surface area contributed by atoms with Crippen LogP contribution in [0, 0.1) is 11.7 Å². The van der Waals surface area contributed by atoms with Gasteiger partial charge in [0.15, 0.2) is 6.29 Å². The van der Waals surface area contributed by atoms with Crippen LogP contribution in [0.2, 0.25) is 5.02 Å². The van der Waals surface area contributed by atoms with Gasteiger partial charge >= 0.3 is 0 Å². The Morgan fingerprint density at radius 3 is 2.72 bits per heavy atom. The smallest absolute Gasteiger partial charge is 0.157 e. The van der Waals surface area contributed by atoms with Crippen LogP contribution in [0.1, 0.15) is 47.5 Å². The van der Waals surface area contributed by atoms with Crippen molar-refractivity contribution in [2.75, 3.05) is 6.61 Å². The molecule has 25 heavy (non-hydrogen) atoms. The average Bonchev–Trinajstić information content (AvgIpc) is 2.63. The maximum Gasteiger partial charge on any atom is 0.157 e. The minimum atomic E-state index is -0.275. The number of hydrogen-bond donors (Lipinski definition) is 1. The summed E-state index contributed by atoms with van der Waals surface area (Å²) in [5.41, 5.74) is 0.774. The molecule has 0 aromatic heterocycles. The quantitative estimate of drug-likeness (QED) is 0.729. The summed E-state index contributed by atoms with van der Waals surface area (Å²) in [5.74, 6) is 0.0915. The second kappa shape index (κ2) is 7.87. The molecule has 2 atom stereocenters. The molecule has 3 rings (SSSR count). The molecule has 0 amide bonds. The number of benzene rings is 2. The SMILES string of the molecule is O=Cc1c(OCC2CCCCC2c2ccccc2F)ccc(Cl)c1O. The first kappa shape index (κ1) is 17.7. The van der Waals surface area contributed by atoms with Gasteiger partial charge in [-0.3, -0.25) is 4.79 Å². The van der Waals surface area contributed by atoms with Gasteiger partial charge in [-0.05, 0) is 48.4 Å². The van der Waals surface area contributed by atoms with Crippen LogP contribution in [-0.4, -0.2) is 18.0 Å². The van der Waals surface area contributed by atoms with Crippen molar-refractivity contribution in [3.63, 3.8) is 0 Å². The van der Waals surface area contributed by atoms with Crippen molar-refractivity contribution in [2.45, 2.75) is 31.6 Å². The molecule has 132 valence electrons. The van der Waals surface area contributed by atoms with Crippen LogP contribution in [0.5, 0.6) is 11.5 Å². The molecular weight excluding hydrogens is 343 g/mol. The molecule has 0 heterocycles. The third-order valence-electron chi connectivity index (χ3n) is 4.91. The van der Waals surface area contributed by atoms with Crippen molar-refractivity contribution in [3.05, 3.63) is 58.4 Å². The summed E-state index contributed by atoms with van der Waals surface area (Å²) < 4.78 is 20.0. The third-order valence-corrected chi connectivity index (χ3v) is 5.22. The molecule has 1 N–H and O–H groups in total. The Balaban J connectivity index is 1.78. The molecule has 2 aromatic rings. The number of ether oxygens (including phenoxy) is 1. The first-order valence-electron chi connectivity index (χ1n) is 8.45. The number of hydrogen-bond acceptors (Lipinski definition) is 3. The predicted molar refractivity (Wildman–Crippen MR) is 95.1 cm³/mol. The first-order valence-corrected chi connectivity index (χ1v) is 8.83. The van der Waals surface area contributed by atoms with Crippen molar-refractivity contribution in [1.29, 1.82) is 0 Å². The highest BCUT2D eigenvalue weighted by atomic mass is 35.5. The fourth-order valence-corrected chi connectivity index (χ4v) is 3.76. The number of carbonyl (C=O) groups is 1. The normalized spacial score (nSPS) is 20.2. The van der Waals surface area contributed by atoms with E-state index in [9.17, 15) is 14.3 Å². The lowest BCUT2D eigenvalue weighted by atomic mass is 9.75. The molecule has 0 spiro atoms. The molecular formula is C20H20ClFO3. The zero-order valence-corrected chi connectivity index (χ0v) is 14.5. The lowest BCUT2D eigenvalue weighted by molar-refractivity contribution is 0.111. The van der Waals surface area contributed by atoms with E-state index >= 15 is 0 Å². The Bertz CT molecular complexity index is 763. The lowest BCUT2D eigenvalue weighted by Gasteiger charge is -2.32. The van der Waals surface area contributed by atoms with Gasteiger partial charge in [0, 0.05) is 0 Å². The molecule has 3 nitrogen and oxygen atoms in total. The van der Waals surface area contributed by atoms with E-state index in [0.717, 1.165) is 31.2 Å². The minimum absolute atomic E-state index is 0.0470. The molecule has 0 radical (unpaired) electrons. The average molecular weight is 363 g/mol. The Morgan fingerprint density at radius 1 is 1.20 bits per heavy atom. The van der Waals surface area contributed by atoms with Crippen molar-refractivity contribution in [2.24, 2.45) is 5.92 Å². The van der Waals surface area contributed by atoms with E-state index in [-0.39, 0.29) is 34.0 Å². The highest BCUT2D eigenvalue weighted by molar-refractivity contribution is 6.32. The van der Waals surface area contributed by atoms with Gasteiger partial charge in [-0.1, -0.05) is 42.6 Å². The maximum absolute atomic E-state index is 14.2. The number of carbonyl (C=O) groups excluding carboxylic acids is 1. The number of halogens is 2. The Labute approximate surface area is 151 Å². The van der Waals surface area contributed by atoms with Crippen molar-refractivity contribution < 1.29 is 19.0 Å². The van der Waals surface area contributed by atoms with E-state index < -0.39 is 0 Å². The van der Waals surface area contributed by atoms with Crippen LogP contribution >= 0.6 is 11.6 Å². The molecule has 1 aliphatic rings. The Hall–Kier alpha value is -2.07. The van der Waals surface area contributed by atoms with Gasteiger partial charge in [-0.25, -0.2) is 4.39 Å². The van der Waals surface area contributed by atoms with Gasteiger partial charge in [0.25, 0.3) is 0 Å². The van der Waals surface area contributed by atoms with Gasteiger partial charge in [-0.2, -0.15) is 0 Å². The molecule has 0 aliphatic heterocycles. The summed E-state index contributed by atoms with van der Waals surface area (Å²) >= 11 is 5.83. The fourth-order valence-electron chi connectivity index (χ4n) is 3.59. The first-order chi connectivity index (χ1) is 12.1. The minimum Gasteiger partial charge on any atom is -0.505 e. The second-order valence-corrected chi connectivity index (χ2v) is 6.82. The van der Waals surface area contributed by atoms with Crippen molar-refractivity contribution in [3.8, 4) is 11.5 Å². The number of rotatable bonds is 5. The molecule has 1 saturated carbocycles. The molecule has 5 heteroatoms. The van der Waals surface area contributed by atoms with E-state index in [4.69, 9.17) is 16.3 Å². The van der Waals surface area contributed by atoms with Gasteiger partial charge in [-0.15, -0.1) is 0 Å². The van der Waals surface area contributed by atoms with E-state index in [1.807, 2.05) is 12.1 Å². The summed E-state index contributed by atoms with van der Waals surface area (Å²) in [6, 6.07) is 9.95. The largest absolute Gasteiger partial charge is 0.505 e. The Kier molecular flexibility index (Phi) is 5.59. The number of phenolic OH excluding ortho intramolecular Hbond substituents is 1. The summed E-state index contributed by atoms with van der Waals surface area (Å²) in [6.45, 7) is 0.362. The lowest BCUT2D eigenvalue weighted by Crippen LogP contribution is -2.24. The molecule has 2 unspecified atom stereocenters. The third kappa shape index (κ3) is 3.79. The highest BCUT2D eigenvalue weighted by Gasteiger charge is 2.29. The van der Waals surface area contributed by atoms with Crippen LogP contribution in [0.4, 0.5) is 4.39 Å². The summed E-state index contributed by atoms with van der Waals surface area (Å²) in [5, 5.41) is 10.00. The van der Waals surface area contributed by atoms with Crippen LogP contribution in [0.25, 0.3) is 0 Å². The standard InChI is InChI=1S/C20H20ClFO3/c21-17-9-10-19(16(11-23)20(17)24)25-12-13-5-1-2-6-14(13)15-7-3-4-8-18(15)22/h3-4,7-11,13-14,24H,1-2,5-6,12H2. The molecule has 0 saturated heterocycles. The van der Waals surface area contributed by atoms with Gasteiger partial charge in [0.05, 0.1) is 17.2 Å². The number of phenols is 1. The maximum atomic E-state index is 14.2. The molecule has 1 aliphatic carbocycles. The molecule has 2 aromatic carbocycles. The number of aldehydes is 1. The predicted octanol–water partition coefficient (Wildman–Crippen LogP) is 5.35. The molecule has 1 fully saturated rings. The Morgan fingerprint density at radius 2 is 1.96 bits per heavy atom. The monoisotopic (exact) mass is 362 g/mol. The van der Waals surface area contributed by atoms with Crippen molar-refractivity contribution in [1.82, 2.24) is 0 Å². The fraction of sp³-hybridized carbons (Fsp3) is 0.350. The summed E-state index contributed by atoms with van der Waals surface area (Å²) in [7, 11) is 0. The second-order valence-electron chi connectivity index (χ2n) is 6.41. The van der Waals surface area contributed by atoms with Crippen molar-refractivity contribution >= 4 is 17.9 Å². The van der Waals surface area contributed by atoms with E-state index in [0.29, 0.717) is 18.6 Å². The van der Waals surface area contributed by atoms with Crippen LogP contribution in [-0.2, 0) is 0 Å². The van der Waals surface area contributed by atoms with Crippen LogP contribution in [0.3, 0.4) is 0 Å². The van der Waals surface area contributed by atoms with Gasteiger partial charge < -0.3 is 9.84 Å². The zero-order chi connectivity index (χ0) is 17.8. The van der Waals surface area contributed by atoms with Crippen LogP contribution < -0.4 is 4.74 Å². The molecule has 0 bridgehead atoms. The topological polar surface area (TPSA) is 46.5 Å². The van der Waals surface area contributed by atoms with Gasteiger partial charge in [0.1, 0.15) is 17.3 Å². The van der Waals surface area contributed by atoms with E-state index in [1.54, 1.807) is 12.1 Å². The van der Waals surface area contributed by atoms with Crippen LogP contribution in [0.15, 0.2) is 36.4 Å².